The van der Waals surface area contributed by atoms with Gasteiger partial charge in [-0.25, -0.2) is 0 Å². The number of nitrogens with zero attached hydrogens (tertiary/aromatic N) is 3. The predicted octanol–water partition coefficient (Wildman–Crippen LogP) is 2.28. The Hall–Kier alpha value is -1.38. The summed E-state index contributed by atoms with van der Waals surface area (Å²) in [5.41, 5.74) is 2.05. The van der Waals surface area contributed by atoms with Crippen LogP contribution >= 0.6 is 0 Å². The molecular formula is C10H15N3. The maximum atomic E-state index is 4.28. The third kappa shape index (κ3) is 2.54. The highest BCUT2D eigenvalue weighted by atomic mass is 15.5. The van der Waals surface area contributed by atoms with E-state index in [4.69, 9.17) is 0 Å². The van der Waals surface area contributed by atoms with E-state index in [2.05, 4.69) is 17.1 Å². The van der Waals surface area contributed by atoms with Crippen molar-refractivity contribution in [2.75, 3.05) is 0 Å². The lowest BCUT2D eigenvalue weighted by molar-refractivity contribution is 0.752. The Balaban J connectivity index is 2.82. The molecule has 0 spiro atoms. The van der Waals surface area contributed by atoms with Crippen LogP contribution in [0.25, 0.3) is 5.70 Å². The van der Waals surface area contributed by atoms with E-state index in [1.165, 1.54) is 0 Å². The largest absolute Gasteiger partial charge is 0.157 e. The Morgan fingerprint density at radius 1 is 1.62 bits per heavy atom. The van der Waals surface area contributed by atoms with Gasteiger partial charge in [-0.05, 0) is 26.3 Å². The number of hydrogen-bond donors (Lipinski definition) is 0. The quantitative estimate of drug-likeness (QED) is 0.663. The van der Waals surface area contributed by atoms with Crippen LogP contribution in [0.2, 0.25) is 0 Å². The fourth-order valence-corrected chi connectivity index (χ4v) is 0.929. The van der Waals surface area contributed by atoms with Crippen LogP contribution in [0, 0.1) is 0 Å². The SMILES string of the molecule is CC=CC=C(C)n1ncc(CC)n1. The first-order valence-corrected chi connectivity index (χ1v) is 4.49. The highest BCUT2D eigenvalue weighted by Crippen LogP contribution is 2.01. The Labute approximate surface area is 78.8 Å². The molecule has 0 radical (unpaired) electrons. The second-order valence-electron chi connectivity index (χ2n) is 2.81. The van der Waals surface area contributed by atoms with Crippen molar-refractivity contribution in [3.63, 3.8) is 0 Å². The van der Waals surface area contributed by atoms with Crippen molar-refractivity contribution in [3.05, 3.63) is 30.1 Å². The molecular weight excluding hydrogens is 162 g/mol. The molecule has 0 aliphatic heterocycles. The molecule has 0 fully saturated rings. The molecule has 1 aromatic rings. The molecule has 70 valence electrons. The van der Waals surface area contributed by atoms with Crippen molar-refractivity contribution in [3.8, 4) is 0 Å². The molecule has 0 saturated carbocycles. The van der Waals surface area contributed by atoms with Gasteiger partial charge in [-0.2, -0.15) is 15.0 Å². The highest BCUT2D eigenvalue weighted by molar-refractivity contribution is 5.42. The van der Waals surface area contributed by atoms with Gasteiger partial charge in [0, 0.05) is 0 Å². The van der Waals surface area contributed by atoms with Gasteiger partial charge in [-0.15, -0.1) is 0 Å². The van der Waals surface area contributed by atoms with Crippen molar-refractivity contribution < 1.29 is 0 Å². The fourth-order valence-electron chi connectivity index (χ4n) is 0.929. The lowest BCUT2D eigenvalue weighted by Gasteiger charge is -1.95. The fraction of sp³-hybridized carbons (Fsp3) is 0.400. The standard InChI is InChI=1S/C10H15N3/c1-4-6-7-9(3)13-11-8-10(5-2)12-13/h4,6-8H,5H2,1-3H3. The first-order valence-electron chi connectivity index (χ1n) is 4.49. The average molecular weight is 177 g/mol. The molecule has 0 saturated heterocycles. The molecule has 0 unspecified atom stereocenters. The summed E-state index contributed by atoms with van der Waals surface area (Å²) in [6.45, 7) is 6.04. The van der Waals surface area contributed by atoms with Gasteiger partial charge in [0.15, 0.2) is 0 Å². The molecule has 0 amide bonds. The van der Waals surface area contributed by atoms with Crippen molar-refractivity contribution in [2.24, 2.45) is 0 Å². The van der Waals surface area contributed by atoms with Gasteiger partial charge in [0.05, 0.1) is 17.6 Å². The maximum Gasteiger partial charge on any atom is 0.0828 e. The van der Waals surface area contributed by atoms with E-state index in [1.54, 1.807) is 11.0 Å². The Morgan fingerprint density at radius 3 is 2.92 bits per heavy atom. The van der Waals surface area contributed by atoms with Gasteiger partial charge < -0.3 is 0 Å². The van der Waals surface area contributed by atoms with E-state index in [9.17, 15) is 0 Å². The molecule has 0 aromatic carbocycles. The van der Waals surface area contributed by atoms with E-state index in [1.807, 2.05) is 32.1 Å². The first kappa shape index (κ1) is 9.71. The van der Waals surface area contributed by atoms with Crippen LogP contribution in [0.4, 0.5) is 0 Å². The van der Waals surface area contributed by atoms with Crippen molar-refractivity contribution in [2.45, 2.75) is 27.2 Å². The lowest BCUT2D eigenvalue weighted by Crippen LogP contribution is -1.98. The molecule has 0 N–H and O–H groups in total. The summed E-state index contributed by atoms with van der Waals surface area (Å²) in [6.07, 6.45) is 8.67. The summed E-state index contributed by atoms with van der Waals surface area (Å²) in [7, 11) is 0. The first-order chi connectivity index (χ1) is 6.27. The Bertz CT molecular complexity index is 321. The highest BCUT2D eigenvalue weighted by Gasteiger charge is 1.97. The number of aryl methyl sites for hydroxylation is 1. The second kappa shape index (κ2) is 4.60. The molecule has 0 aliphatic rings. The normalized spacial score (nSPS) is 12.7. The zero-order valence-electron chi connectivity index (χ0n) is 8.36. The van der Waals surface area contributed by atoms with Gasteiger partial charge in [0.25, 0.3) is 0 Å². The van der Waals surface area contributed by atoms with Crippen molar-refractivity contribution >= 4 is 5.70 Å². The zero-order chi connectivity index (χ0) is 9.68. The molecule has 0 atom stereocenters. The number of hydrogen-bond acceptors (Lipinski definition) is 2. The van der Waals surface area contributed by atoms with Crippen LogP contribution in [-0.2, 0) is 6.42 Å². The molecule has 0 bridgehead atoms. The van der Waals surface area contributed by atoms with Crippen molar-refractivity contribution in [1.29, 1.82) is 0 Å². The van der Waals surface area contributed by atoms with E-state index >= 15 is 0 Å². The van der Waals surface area contributed by atoms with E-state index in [0.717, 1.165) is 17.8 Å². The third-order valence-electron chi connectivity index (χ3n) is 1.75. The topological polar surface area (TPSA) is 30.7 Å². The molecule has 3 heteroatoms. The lowest BCUT2D eigenvalue weighted by atomic mass is 10.4. The number of allylic oxidation sites excluding steroid dienone is 4. The Morgan fingerprint density at radius 2 is 2.38 bits per heavy atom. The zero-order valence-corrected chi connectivity index (χ0v) is 8.36. The Kier molecular flexibility index (Phi) is 3.43. The van der Waals surface area contributed by atoms with Gasteiger partial charge >= 0.3 is 0 Å². The van der Waals surface area contributed by atoms with Gasteiger partial charge in [-0.1, -0.05) is 19.1 Å². The van der Waals surface area contributed by atoms with Crippen molar-refractivity contribution in [1.82, 2.24) is 15.0 Å². The summed E-state index contributed by atoms with van der Waals surface area (Å²) in [4.78, 5) is 1.65. The summed E-state index contributed by atoms with van der Waals surface area (Å²) >= 11 is 0. The predicted molar refractivity (Wildman–Crippen MR) is 54.2 cm³/mol. The van der Waals surface area contributed by atoms with Crippen LogP contribution in [-0.4, -0.2) is 15.0 Å². The van der Waals surface area contributed by atoms with Gasteiger partial charge in [0.1, 0.15) is 0 Å². The average Bonchev–Trinajstić information content (AvgIpc) is 2.62. The van der Waals surface area contributed by atoms with E-state index < -0.39 is 0 Å². The number of rotatable bonds is 3. The van der Waals surface area contributed by atoms with Crippen LogP contribution in [0.5, 0.6) is 0 Å². The van der Waals surface area contributed by atoms with E-state index in [0.29, 0.717) is 0 Å². The summed E-state index contributed by atoms with van der Waals surface area (Å²) in [5.74, 6) is 0. The summed E-state index contributed by atoms with van der Waals surface area (Å²) < 4.78 is 0. The minimum Gasteiger partial charge on any atom is -0.157 e. The molecule has 0 aliphatic carbocycles. The monoisotopic (exact) mass is 177 g/mol. The van der Waals surface area contributed by atoms with Crippen LogP contribution in [0.15, 0.2) is 24.4 Å². The second-order valence-corrected chi connectivity index (χ2v) is 2.81. The van der Waals surface area contributed by atoms with Gasteiger partial charge in [0.2, 0.25) is 0 Å². The molecule has 1 rings (SSSR count). The minimum atomic E-state index is 0.927. The number of aromatic nitrogens is 3. The molecule has 1 aromatic heterocycles. The molecule has 13 heavy (non-hydrogen) atoms. The van der Waals surface area contributed by atoms with Crippen LogP contribution in [0.3, 0.4) is 0 Å². The smallest absolute Gasteiger partial charge is 0.0828 e. The molecule has 3 nitrogen and oxygen atoms in total. The van der Waals surface area contributed by atoms with E-state index in [-0.39, 0.29) is 0 Å². The minimum absolute atomic E-state index is 0.927. The third-order valence-corrected chi connectivity index (χ3v) is 1.75. The van der Waals surface area contributed by atoms with Gasteiger partial charge in [-0.3, -0.25) is 0 Å². The van der Waals surface area contributed by atoms with Crippen LogP contribution in [0.1, 0.15) is 26.5 Å². The summed E-state index contributed by atoms with van der Waals surface area (Å²) in [6, 6.07) is 0. The molecule has 1 heterocycles. The maximum absolute atomic E-state index is 4.28. The summed E-state index contributed by atoms with van der Waals surface area (Å²) in [5, 5.41) is 8.43. The van der Waals surface area contributed by atoms with Crippen LogP contribution < -0.4 is 0 Å².